The number of benzene rings is 2. The van der Waals surface area contributed by atoms with E-state index >= 15 is 0 Å². The number of carbonyl (C=O) groups excluding carboxylic acids is 1. The molecule has 0 spiro atoms. The highest BCUT2D eigenvalue weighted by atomic mass is 16.5. The van der Waals surface area contributed by atoms with Gasteiger partial charge in [-0.15, -0.1) is 0 Å². The molecule has 1 amide bonds. The zero-order valence-electron chi connectivity index (χ0n) is 15.1. The predicted molar refractivity (Wildman–Crippen MR) is 101 cm³/mol. The van der Waals surface area contributed by atoms with E-state index in [0.717, 1.165) is 11.1 Å². The Bertz CT molecular complexity index is 954. The first-order valence-electron chi connectivity index (χ1n) is 8.86. The van der Waals surface area contributed by atoms with Crippen molar-refractivity contribution in [1.29, 1.82) is 0 Å². The third-order valence-electron chi connectivity index (χ3n) is 5.07. The zero-order chi connectivity index (χ0) is 18.9. The minimum Gasteiger partial charge on any atom is -0.497 e. The highest BCUT2D eigenvalue weighted by Crippen LogP contribution is 2.33. The fourth-order valence-electron chi connectivity index (χ4n) is 3.57. The monoisotopic (exact) mass is 363 g/mol. The molecule has 1 aliphatic rings. The first-order valence-corrected chi connectivity index (χ1v) is 8.86. The van der Waals surface area contributed by atoms with Crippen molar-refractivity contribution in [3.63, 3.8) is 0 Å². The number of aromatic amines is 1. The average molecular weight is 363 g/mol. The summed E-state index contributed by atoms with van der Waals surface area (Å²) in [5.41, 5.74) is 1.78. The summed E-state index contributed by atoms with van der Waals surface area (Å²) in [6, 6.07) is 17.0. The summed E-state index contributed by atoms with van der Waals surface area (Å²) in [7, 11) is 1.60. The molecule has 2 N–H and O–H groups in total. The number of H-pyrrole nitrogens is 1. The summed E-state index contributed by atoms with van der Waals surface area (Å²) >= 11 is 0. The fourth-order valence-corrected chi connectivity index (χ4v) is 3.57. The lowest BCUT2D eigenvalue weighted by Gasteiger charge is -2.24. The second kappa shape index (κ2) is 6.89. The molecule has 0 aliphatic carbocycles. The second-order valence-corrected chi connectivity index (χ2v) is 6.76. The third-order valence-corrected chi connectivity index (χ3v) is 5.07. The van der Waals surface area contributed by atoms with Gasteiger partial charge in [0.1, 0.15) is 11.4 Å². The molecule has 0 saturated carbocycles. The van der Waals surface area contributed by atoms with Gasteiger partial charge in [-0.2, -0.15) is 5.10 Å². The largest absolute Gasteiger partial charge is 0.497 e. The molecule has 27 heavy (non-hydrogen) atoms. The molecule has 0 radical (unpaired) electrons. The second-order valence-electron chi connectivity index (χ2n) is 6.76. The van der Waals surface area contributed by atoms with E-state index in [1.165, 1.54) is 6.20 Å². The van der Waals surface area contributed by atoms with Gasteiger partial charge in [0.15, 0.2) is 0 Å². The first-order chi connectivity index (χ1) is 13.1. The number of nitrogens with zero attached hydrogens (tertiary/aromatic N) is 2. The van der Waals surface area contributed by atoms with Crippen LogP contribution >= 0.6 is 0 Å². The molecule has 2 aromatic carbocycles. The standard InChI is InChI=1S/C21H21N3O3/c1-27-17-9-5-6-15(12-17)19-18(13-22-23-19)20(25)24-11-10-21(26,14-24)16-7-3-2-4-8-16/h2-9,12-13,26H,10-11,14H2,1H3,(H,22,23). The van der Waals surface area contributed by atoms with Crippen molar-refractivity contribution < 1.29 is 14.6 Å². The Morgan fingerprint density at radius 3 is 2.81 bits per heavy atom. The number of ether oxygens (including phenoxy) is 1. The number of methoxy groups -OCH3 is 1. The molecule has 138 valence electrons. The van der Waals surface area contributed by atoms with Gasteiger partial charge >= 0.3 is 0 Å². The summed E-state index contributed by atoms with van der Waals surface area (Å²) in [4.78, 5) is 14.8. The number of rotatable bonds is 4. The van der Waals surface area contributed by atoms with Crippen LogP contribution in [0.1, 0.15) is 22.3 Å². The van der Waals surface area contributed by atoms with Crippen molar-refractivity contribution in [3.8, 4) is 17.0 Å². The van der Waals surface area contributed by atoms with E-state index in [4.69, 9.17) is 4.74 Å². The Morgan fingerprint density at radius 2 is 2.04 bits per heavy atom. The van der Waals surface area contributed by atoms with Crippen LogP contribution in [0.2, 0.25) is 0 Å². The molecule has 1 saturated heterocycles. The lowest BCUT2D eigenvalue weighted by Crippen LogP contribution is -2.34. The lowest BCUT2D eigenvalue weighted by molar-refractivity contribution is 0.0417. The maximum atomic E-state index is 13.1. The van der Waals surface area contributed by atoms with E-state index in [9.17, 15) is 9.90 Å². The highest BCUT2D eigenvalue weighted by Gasteiger charge is 2.40. The number of β-amino-alcohol motifs (C(OH)–C–C–N with tert-alkyl or cyclic N) is 1. The van der Waals surface area contributed by atoms with Crippen LogP contribution in [0, 0.1) is 0 Å². The molecule has 6 nitrogen and oxygen atoms in total. The summed E-state index contributed by atoms with van der Waals surface area (Å²) in [5.74, 6) is 0.563. The Balaban J connectivity index is 1.59. The molecule has 1 atom stereocenters. The van der Waals surface area contributed by atoms with Crippen LogP contribution in [0.3, 0.4) is 0 Å². The van der Waals surface area contributed by atoms with E-state index in [1.54, 1.807) is 12.0 Å². The van der Waals surface area contributed by atoms with Gasteiger partial charge in [0.2, 0.25) is 0 Å². The van der Waals surface area contributed by atoms with Gasteiger partial charge in [-0.3, -0.25) is 9.89 Å². The number of hydrogen-bond donors (Lipinski definition) is 2. The molecule has 1 aromatic heterocycles. The van der Waals surface area contributed by atoms with E-state index < -0.39 is 5.60 Å². The van der Waals surface area contributed by atoms with Crippen molar-refractivity contribution in [1.82, 2.24) is 15.1 Å². The highest BCUT2D eigenvalue weighted by molar-refractivity contribution is 6.00. The molecule has 2 heterocycles. The third kappa shape index (κ3) is 3.19. The maximum absolute atomic E-state index is 13.1. The van der Waals surface area contributed by atoms with Gasteiger partial charge in [-0.05, 0) is 24.1 Å². The molecule has 1 fully saturated rings. The molecular weight excluding hydrogens is 342 g/mol. The molecule has 1 unspecified atom stereocenters. The minimum atomic E-state index is -1.02. The number of aliphatic hydroxyl groups is 1. The van der Waals surface area contributed by atoms with E-state index in [-0.39, 0.29) is 12.5 Å². The van der Waals surface area contributed by atoms with Crippen LogP contribution in [0.4, 0.5) is 0 Å². The van der Waals surface area contributed by atoms with Gasteiger partial charge in [-0.1, -0.05) is 42.5 Å². The van der Waals surface area contributed by atoms with Crippen LogP contribution in [0.15, 0.2) is 60.8 Å². The SMILES string of the molecule is COc1cccc(-c2[nH]ncc2C(=O)N2CCC(O)(c3ccccc3)C2)c1. The Morgan fingerprint density at radius 1 is 1.22 bits per heavy atom. The van der Waals surface area contributed by atoms with E-state index in [2.05, 4.69) is 10.2 Å². The molecule has 0 bridgehead atoms. The van der Waals surface area contributed by atoms with Crippen LogP contribution < -0.4 is 4.74 Å². The minimum absolute atomic E-state index is 0.145. The predicted octanol–water partition coefficient (Wildman–Crippen LogP) is 2.82. The molecule has 1 aliphatic heterocycles. The fraction of sp³-hybridized carbons (Fsp3) is 0.238. The van der Waals surface area contributed by atoms with Crippen molar-refractivity contribution in [2.24, 2.45) is 0 Å². The summed E-state index contributed by atoms with van der Waals surface area (Å²) in [6.45, 7) is 0.755. The van der Waals surface area contributed by atoms with Crippen LogP contribution in [0.5, 0.6) is 5.75 Å². The number of nitrogens with one attached hydrogen (secondary N) is 1. The van der Waals surface area contributed by atoms with E-state index in [1.807, 2.05) is 54.6 Å². The van der Waals surface area contributed by atoms with Crippen molar-refractivity contribution in [3.05, 3.63) is 71.9 Å². The van der Waals surface area contributed by atoms with Gasteiger partial charge in [-0.25, -0.2) is 0 Å². The molecule has 6 heteroatoms. The quantitative estimate of drug-likeness (QED) is 0.747. The van der Waals surface area contributed by atoms with Crippen LogP contribution in [0.25, 0.3) is 11.3 Å². The Kier molecular flexibility index (Phi) is 4.41. The van der Waals surface area contributed by atoms with Gasteiger partial charge in [0.05, 0.1) is 31.1 Å². The molecular formula is C21H21N3O3. The van der Waals surface area contributed by atoms with Gasteiger partial charge in [0.25, 0.3) is 5.91 Å². The number of amides is 1. The maximum Gasteiger partial charge on any atom is 0.257 e. The Hall–Kier alpha value is -3.12. The summed E-state index contributed by atoms with van der Waals surface area (Å²) in [5, 5.41) is 18.0. The first kappa shape index (κ1) is 17.3. The van der Waals surface area contributed by atoms with Crippen LogP contribution in [-0.4, -0.2) is 46.3 Å². The lowest BCUT2D eigenvalue weighted by atomic mass is 9.93. The molecule has 3 aromatic rings. The van der Waals surface area contributed by atoms with Gasteiger partial charge < -0.3 is 14.7 Å². The normalized spacial score (nSPS) is 19.3. The average Bonchev–Trinajstić information content (AvgIpc) is 3.36. The van der Waals surface area contributed by atoms with Crippen molar-refractivity contribution in [2.75, 3.05) is 20.2 Å². The number of likely N-dealkylation sites (tertiary alicyclic amines) is 1. The van der Waals surface area contributed by atoms with Crippen molar-refractivity contribution >= 4 is 5.91 Å². The number of aromatic nitrogens is 2. The zero-order valence-corrected chi connectivity index (χ0v) is 15.1. The Labute approximate surface area is 157 Å². The van der Waals surface area contributed by atoms with Gasteiger partial charge in [0, 0.05) is 12.1 Å². The number of carbonyl (C=O) groups is 1. The topological polar surface area (TPSA) is 78.5 Å². The smallest absolute Gasteiger partial charge is 0.257 e. The molecule has 4 rings (SSSR count). The summed E-state index contributed by atoms with van der Waals surface area (Å²) in [6.07, 6.45) is 2.05. The summed E-state index contributed by atoms with van der Waals surface area (Å²) < 4.78 is 5.27. The van der Waals surface area contributed by atoms with Crippen molar-refractivity contribution in [2.45, 2.75) is 12.0 Å². The van der Waals surface area contributed by atoms with E-state index in [0.29, 0.717) is 30.0 Å². The van der Waals surface area contributed by atoms with Crippen LogP contribution in [-0.2, 0) is 5.60 Å². The number of hydrogen-bond acceptors (Lipinski definition) is 4.